The van der Waals surface area contributed by atoms with Gasteiger partial charge in [-0.25, -0.2) is 4.98 Å². The highest BCUT2D eigenvalue weighted by molar-refractivity contribution is 7.15. The summed E-state index contributed by atoms with van der Waals surface area (Å²) in [5.74, 6) is 0.0887. The van der Waals surface area contributed by atoms with Gasteiger partial charge < -0.3 is 10.6 Å². The molecule has 2 heterocycles. The lowest BCUT2D eigenvalue weighted by Crippen LogP contribution is -2.27. The summed E-state index contributed by atoms with van der Waals surface area (Å²) in [6, 6.07) is 0. The molecule has 0 bridgehead atoms. The van der Waals surface area contributed by atoms with Gasteiger partial charge in [0.15, 0.2) is 4.96 Å². The number of amides is 1. The Labute approximate surface area is 104 Å². The standard InChI is InChI=1S/C11H16N4OS/c1-2-13-10(16)3-4-12-7-9-8-15-5-6-17-11(15)14-9/h5-6,8,12H,2-4,7H2,1H3,(H,13,16). The van der Waals surface area contributed by atoms with Crippen molar-refractivity contribution in [1.82, 2.24) is 20.0 Å². The van der Waals surface area contributed by atoms with E-state index >= 15 is 0 Å². The molecule has 92 valence electrons. The molecule has 2 aromatic heterocycles. The molecule has 6 heteroatoms. The summed E-state index contributed by atoms with van der Waals surface area (Å²) >= 11 is 1.62. The second-order valence-corrected chi connectivity index (χ2v) is 4.58. The van der Waals surface area contributed by atoms with Gasteiger partial charge in [-0.05, 0) is 6.92 Å². The highest BCUT2D eigenvalue weighted by atomic mass is 32.1. The van der Waals surface area contributed by atoms with Gasteiger partial charge in [-0.15, -0.1) is 11.3 Å². The van der Waals surface area contributed by atoms with Gasteiger partial charge in [0.05, 0.1) is 5.69 Å². The van der Waals surface area contributed by atoms with E-state index in [1.54, 1.807) is 11.3 Å². The summed E-state index contributed by atoms with van der Waals surface area (Å²) in [5, 5.41) is 7.98. The zero-order chi connectivity index (χ0) is 12.1. The monoisotopic (exact) mass is 252 g/mol. The van der Waals surface area contributed by atoms with Crippen molar-refractivity contribution < 1.29 is 4.79 Å². The Morgan fingerprint density at radius 3 is 3.24 bits per heavy atom. The van der Waals surface area contributed by atoms with Gasteiger partial charge in [0.25, 0.3) is 0 Å². The highest BCUT2D eigenvalue weighted by Crippen LogP contribution is 2.10. The van der Waals surface area contributed by atoms with Crippen molar-refractivity contribution in [3.63, 3.8) is 0 Å². The number of nitrogens with one attached hydrogen (secondary N) is 2. The molecule has 17 heavy (non-hydrogen) atoms. The number of nitrogens with zero attached hydrogens (tertiary/aromatic N) is 2. The van der Waals surface area contributed by atoms with Crippen LogP contribution in [0.5, 0.6) is 0 Å². The minimum atomic E-state index is 0.0887. The van der Waals surface area contributed by atoms with Gasteiger partial charge in [-0.3, -0.25) is 9.20 Å². The zero-order valence-electron chi connectivity index (χ0n) is 9.77. The molecule has 0 fully saturated rings. The van der Waals surface area contributed by atoms with Crippen LogP contribution >= 0.6 is 11.3 Å². The van der Waals surface area contributed by atoms with E-state index in [1.165, 1.54) is 0 Å². The Morgan fingerprint density at radius 1 is 1.59 bits per heavy atom. The second kappa shape index (κ2) is 5.79. The first-order valence-corrected chi connectivity index (χ1v) is 6.56. The maximum absolute atomic E-state index is 11.2. The largest absolute Gasteiger partial charge is 0.356 e. The fourth-order valence-electron chi connectivity index (χ4n) is 1.57. The smallest absolute Gasteiger partial charge is 0.221 e. The summed E-state index contributed by atoms with van der Waals surface area (Å²) in [6.45, 7) is 3.99. The fourth-order valence-corrected chi connectivity index (χ4v) is 2.28. The molecule has 1 amide bonds. The van der Waals surface area contributed by atoms with Crippen LogP contribution < -0.4 is 10.6 Å². The Balaban J connectivity index is 1.72. The SMILES string of the molecule is CCNC(=O)CCNCc1cn2ccsc2n1. The predicted molar refractivity (Wildman–Crippen MR) is 68.1 cm³/mol. The molecule has 2 aromatic rings. The molecule has 0 saturated heterocycles. The number of rotatable bonds is 6. The van der Waals surface area contributed by atoms with Crippen LogP contribution in [0.4, 0.5) is 0 Å². The first-order chi connectivity index (χ1) is 8.29. The van der Waals surface area contributed by atoms with E-state index in [1.807, 2.05) is 29.1 Å². The lowest BCUT2D eigenvalue weighted by atomic mass is 10.4. The number of imidazole rings is 1. The highest BCUT2D eigenvalue weighted by Gasteiger charge is 2.02. The van der Waals surface area contributed by atoms with Gasteiger partial charge in [0.1, 0.15) is 0 Å². The third-order valence-electron chi connectivity index (χ3n) is 2.35. The topological polar surface area (TPSA) is 58.4 Å². The van der Waals surface area contributed by atoms with Crippen molar-refractivity contribution in [2.45, 2.75) is 19.9 Å². The molecule has 2 N–H and O–H groups in total. The Kier molecular flexibility index (Phi) is 4.11. The van der Waals surface area contributed by atoms with Crippen LogP contribution in [0.15, 0.2) is 17.8 Å². The molecule has 0 atom stereocenters. The third kappa shape index (κ3) is 3.28. The quantitative estimate of drug-likeness (QED) is 0.754. The predicted octanol–water partition coefficient (Wildman–Crippen LogP) is 1.01. The lowest BCUT2D eigenvalue weighted by molar-refractivity contribution is -0.120. The number of hydrogen-bond donors (Lipinski definition) is 2. The van der Waals surface area contributed by atoms with Crippen LogP contribution in [0.2, 0.25) is 0 Å². The summed E-state index contributed by atoms with van der Waals surface area (Å²) < 4.78 is 2.01. The van der Waals surface area contributed by atoms with Crippen molar-refractivity contribution in [2.24, 2.45) is 0 Å². The van der Waals surface area contributed by atoms with E-state index in [4.69, 9.17) is 0 Å². The van der Waals surface area contributed by atoms with E-state index in [2.05, 4.69) is 15.6 Å². The minimum absolute atomic E-state index is 0.0887. The van der Waals surface area contributed by atoms with Gasteiger partial charge in [-0.2, -0.15) is 0 Å². The molecule has 0 aliphatic carbocycles. The molecule has 0 radical (unpaired) electrons. The third-order valence-corrected chi connectivity index (χ3v) is 3.12. The first kappa shape index (κ1) is 12.1. The van der Waals surface area contributed by atoms with Crippen molar-refractivity contribution >= 4 is 22.2 Å². The molecular formula is C11H16N4OS. The maximum Gasteiger partial charge on any atom is 0.221 e. The lowest BCUT2D eigenvalue weighted by Gasteiger charge is -2.02. The number of carbonyl (C=O) groups is 1. The Bertz CT molecular complexity index is 462. The van der Waals surface area contributed by atoms with Crippen LogP contribution in [0, 0.1) is 0 Å². The molecule has 0 unspecified atom stereocenters. The van der Waals surface area contributed by atoms with E-state index in [-0.39, 0.29) is 5.91 Å². The normalized spacial score (nSPS) is 10.9. The van der Waals surface area contributed by atoms with Crippen LogP contribution in [-0.4, -0.2) is 28.4 Å². The average Bonchev–Trinajstić information content (AvgIpc) is 2.85. The van der Waals surface area contributed by atoms with Crippen molar-refractivity contribution in [3.05, 3.63) is 23.5 Å². The number of aromatic nitrogens is 2. The summed E-state index contributed by atoms with van der Waals surface area (Å²) in [4.78, 5) is 16.6. The van der Waals surface area contributed by atoms with E-state index in [0.29, 0.717) is 26.1 Å². The van der Waals surface area contributed by atoms with E-state index < -0.39 is 0 Å². The van der Waals surface area contributed by atoms with Crippen LogP contribution in [0.1, 0.15) is 19.0 Å². The number of fused-ring (bicyclic) bond motifs is 1. The summed E-state index contributed by atoms with van der Waals surface area (Å²) in [6.07, 6.45) is 4.51. The molecule has 0 spiro atoms. The maximum atomic E-state index is 11.2. The van der Waals surface area contributed by atoms with Crippen LogP contribution in [0.3, 0.4) is 0 Å². The van der Waals surface area contributed by atoms with Gasteiger partial charge >= 0.3 is 0 Å². The minimum Gasteiger partial charge on any atom is -0.356 e. The van der Waals surface area contributed by atoms with Gasteiger partial charge in [0.2, 0.25) is 5.91 Å². The average molecular weight is 252 g/mol. The van der Waals surface area contributed by atoms with Crippen LogP contribution in [-0.2, 0) is 11.3 Å². The molecule has 2 rings (SSSR count). The number of carbonyl (C=O) groups excluding carboxylic acids is 1. The van der Waals surface area contributed by atoms with E-state index in [9.17, 15) is 4.79 Å². The number of thiazole rings is 1. The summed E-state index contributed by atoms with van der Waals surface area (Å²) in [5.41, 5.74) is 1.01. The Hall–Kier alpha value is -1.40. The summed E-state index contributed by atoms with van der Waals surface area (Å²) in [7, 11) is 0. The second-order valence-electron chi connectivity index (χ2n) is 3.71. The van der Waals surface area contributed by atoms with Gasteiger partial charge in [0, 0.05) is 43.8 Å². The molecule has 0 aliphatic heterocycles. The molecule has 0 aromatic carbocycles. The zero-order valence-corrected chi connectivity index (χ0v) is 10.6. The van der Waals surface area contributed by atoms with Crippen LogP contribution in [0.25, 0.3) is 4.96 Å². The van der Waals surface area contributed by atoms with E-state index in [0.717, 1.165) is 10.7 Å². The van der Waals surface area contributed by atoms with Crippen molar-refractivity contribution in [2.75, 3.05) is 13.1 Å². The number of hydrogen-bond acceptors (Lipinski definition) is 4. The first-order valence-electron chi connectivity index (χ1n) is 5.68. The molecular weight excluding hydrogens is 236 g/mol. The Morgan fingerprint density at radius 2 is 2.47 bits per heavy atom. The fraction of sp³-hybridized carbons (Fsp3) is 0.455. The molecule has 5 nitrogen and oxygen atoms in total. The van der Waals surface area contributed by atoms with Crippen molar-refractivity contribution in [1.29, 1.82) is 0 Å². The molecule has 0 saturated carbocycles. The van der Waals surface area contributed by atoms with Crippen molar-refractivity contribution in [3.8, 4) is 0 Å². The van der Waals surface area contributed by atoms with Gasteiger partial charge in [-0.1, -0.05) is 0 Å². The molecule has 0 aliphatic rings.